The van der Waals surface area contributed by atoms with Gasteiger partial charge in [-0.25, -0.2) is 9.97 Å². The van der Waals surface area contributed by atoms with Gasteiger partial charge in [-0.2, -0.15) is 0 Å². The summed E-state index contributed by atoms with van der Waals surface area (Å²) >= 11 is 1.51. The van der Waals surface area contributed by atoms with E-state index in [9.17, 15) is 4.79 Å². The fourth-order valence-corrected chi connectivity index (χ4v) is 3.95. The number of carbonyl (C=O) groups is 1. The molecule has 1 saturated carbocycles. The third-order valence-electron chi connectivity index (χ3n) is 4.89. The van der Waals surface area contributed by atoms with E-state index in [4.69, 9.17) is 9.97 Å². The van der Waals surface area contributed by atoms with Gasteiger partial charge in [0.25, 0.3) is 0 Å². The molecule has 0 radical (unpaired) electrons. The summed E-state index contributed by atoms with van der Waals surface area (Å²) in [5.41, 5.74) is 1.81. The maximum Gasteiger partial charge on any atom is 0.230 e. The summed E-state index contributed by atoms with van der Waals surface area (Å²) in [4.78, 5) is 24.1. The highest BCUT2D eigenvalue weighted by atomic mass is 32.2. The van der Waals surface area contributed by atoms with Gasteiger partial charge in [-0.1, -0.05) is 30.8 Å². The molecule has 1 aromatic carbocycles. The first kappa shape index (κ1) is 16.6. The van der Waals surface area contributed by atoms with Crippen LogP contribution in [0.25, 0.3) is 11.0 Å². The fraction of sp³-hybridized carbons (Fsp3) is 0.526. The molecule has 1 aliphatic carbocycles. The van der Waals surface area contributed by atoms with Gasteiger partial charge in [0.15, 0.2) is 5.82 Å². The average Bonchev–Trinajstić information content (AvgIpc) is 3.44. The Balaban J connectivity index is 1.57. The highest BCUT2D eigenvalue weighted by Gasteiger charge is 2.25. The van der Waals surface area contributed by atoms with E-state index in [1.54, 1.807) is 0 Å². The maximum absolute atomic E-state index is 12.1. The van der Waals surface area contributed by atoms with E-state index in [0.717, 1.165) is 53.7 Å². The van der Waals surface area contributed by atoms with Crippen molar-refractivity contribution >= 4 is 34.5 Å². The van der Waals surface area contributed by atoms with Crippen molar-refractivity contribution < 1.29 is 4.79 Å². The lowest BCUT2D eigenvalue weighted by atomic mass is 9.99. The number of para-hydroxylation sites is 2. The number of fused-ring (bicyclic) bond motifs is 1. The van der Waals surface area contributed by atoms with Crippen molar-refractivity contribution in [2.75, 3.05) is 23.7 Å². The summed E-state index contributed by atoms with van der Waals surface area (Å²) in [6, 6.07) is 8.37. The predicted octanol–water partition coefficient (Wildman–Crippen LogP) is 3.24. The Bertz CT molecular complexity index is 769. The van der Waals surface area contributed by atoms with Crippen LogP contribution in [-0.2, 0) is 4.79 Å². The van der Waals surface area contributed by atoms with Crippen molar-refractivity contribution in [3.05, 3.63) is 24.3 Å². The van der Waals surface area contributed by atoms with Crippen LogP contribution in [-0.4, -0.2) is 40.8 Å². The van der Waals surface area contributed by atoms with Crippen LogP contribution in [0.1, 0.15) is 32.6 Å². The SMILES string of the molecule is CC1CCN(c2nc3ccccc3nc2SCC(=O)NC2CC2)CC1. The molecule has 2 heterocycles. The highest BCUT2D eigenvalue weighted by molar-refractivity contribution is 8.00. The summed E-state index contributed by atoms with van der Waals surface area (Å²) < 4.78 is 0. The molecule has 1 N–H and O–H groups in total. The van der Waals surface area contributed by atoms with Crippen molar-refractivity contribution in [3.8, 4) is 0 Å². The summed E-state index contributed by atoms with van der Waals surface area (Å²) in [6.07, 6.45) is 4.59. The molecule has 1 aromatic heterocycles. The van der Waals surface area contributed by atoms with Crippen molar-refractivity contribution in [2.45, 2.75) is 43.7 Å². The third kappa shape index (κ3) is 4.06. The zero-order valence-electron chi connectivity index (χ0n) is 14.6. The molecule has 1 saturated heterocycles. The minimum atomic E-state index is 0.0978. The molecule has 1 amide bonds. The maximum atomic E-state index is 12.1. The van der Waals surface area contributed by atoms with E-state index in [-0.39, 0.29) is 5.91 Å². The first-order valence-corrected chi connectivity index (χ1v) is 10.1. The lowest BCUT2D eigenvalue weighted by Gasteiger charge is -2.32. The Morgan fingerprint density at radius 1 is 1.16 bits per heavy atom. The molecule has 5 nitrogen and oxygen atoms in total. The van der Waals surface area contributed by atoms with Gasteiger partial charge in [-0.3, -0.25) is 4.79 Å². The normalized spacial score (nSPS) is 18.5. The molecular weight excluding hydrogens is 332 g/mol. The molecule has 6 heteroatoms. The topological polar surface area (TPSA) is 58.1 Å². The smallest absolute Gasteiger partial charge is 0.230 e. The number of hydrogen-bond acceptors (Lipinski definition) is 5. The number of benzene rings is 1. The number of nitrogens with one attached hydrogen (secondary N) is 1. The van der Waals surface area contributed by atoms with Gasteiger partial charge < -0.3 is 10.2 Å². The molecule has 0 bridgehead atoms. The number of hydrogen-bond donors (Lipinski definition) is 1. The Hall–Kier alpha value is -1.82. The number of anilines is 1. The second kappa shape index (κ2) is 7.20. The van der Waals surface area contributed by atoms with E-state index in [2.05, 4.69) is 17.1 Å². The Morgan fingerprint density at radius 3 is 2.52 bits per heavy atom. The van der Waals surface area contributed by atoms with Crippen molar-refractivity contribution in [1.82, 2.24) is 15.3 Å². The first-order valence-electron chi connectivity index (χ1n) is 9.13. The highest BCUT2D eigenvalue weighted by Crippen LogP contribution is 2.31. The van der Waals surface area contributed by atoms with E-state index in [1.165, 1.54) is 24.6 Å². The molecule has 132 valence electrons. The van der Waals surface area contributed by atoms with Crippen LogP contribution >= 0.6 is 11.8 Å². The van der Waals surface area contributed by atoms with Crippen molar-refractivity contribution in [1.29, 1.82) is 0 Å². The minimum Gasteiger partial charge on any atom is -0.354 e. The van der Waals surface area contributed by atoms with Gasteiger partial charge in [-0.15, -0.1) is 0 Å². The molecular formula is C19H24N4OS. The molecule has 25 heavy (non-hydrogen) atoms. The van der Waals surface area contributed by atoms with Crippen LogP contribution in [0.15, 0.2) is 29.3 Å². The standard InChI is InChI=1S/C19H24N4OS/c1-13-8-10-23(11-9-13)18-19(25-12-17(24)20-14-6-7-14)22-16-5-3-2-4-15(16)21-18/h2-5,13-14H,6-12H2,1H3,(H,20,24). The Labute approximate surface area is 152 Å². The van der Waals surface area contributed by atoms with Gasteiger partial charge in [0.05, 0.1) is 16.8 Å². The van der Waals surface area contributed by atoms with Crippen LogP contribution in [0, 0.1) is 5.92 Å². The lowest BCUT2D eigenvalue weighted by molar-refractivity contribution is -0.118. The third-order valence-corrected chi connectivity index (χ3v) is 5.84. The second-order valence-corrected chi connectivity index (χ2v) is 8.11. The van der Waals surface area contributed by atoms with Gasteiger partial charge in [0.2, 0.25) is 5.91 Å². The van der Waals surface area contributed by atoms with E-state index < -0.39 is 0 Å². The summed E-state index contributed by atoms with van der Waals surface area (Å²) in [6.45, 7) is 4.33. The van der Waals surface area contributed by atoms with Gasteiger partial charge in [0, 0.05) is 19.1 Å². The van der Waals surface area contributed by atoms with Crippen LogP contribution in [0.4, 0.5) is 5.82 Å². The van der Waals surface area contributed by atoms with Crippen molar-refractivity contribution in [3.63, 3.8) is 0 Å². The minimum absolute atomic E-state index is 0.0978. The number of piperidine rings is 1. The summed E-state index contributed by atoms with van der Waals surface area (Å²) in [5, 5.41) is 3.92. The molecule has 0 atom stereocenters. The molecule has 2 aliphatic rings. The Kier molecular flexibility index (Phi) is 4.79. The predicted molar refractivity (Wildman–Crippen MR) is 102 cm³/mol. The second-order valence-electron chi connectivity index (χ2n) is 7.14. The largest absolute Gasteiger partial charge is 0.354 e. The first-order chi connectivity index (χ1) is 12.2. The van der Waals surface area contributed by atoms with Crippen LogP contribution < -0.4 is 10.2 Å². The van der Waals surface area contributed by atoms with Crippen LogP contribution in [0.2, 0.25) is 0 Å². The lowest BCUT2D eigenvalue weighted by Crippen LogP contribution is -2.34. The van der Waals surface area contributed by atoms with Crippen LogP contribution in [0.5, 0.6) is 0 Å². The Morgan fingerprint density at radius 2 is 1.84 bits per heavy atom. The van der Waals surface area contributed by atoms with Gasteiger partial charge in [0.1, 0.15) is 5.03 Å². The average molecular weight is 356 g/mol. The van der Waals surface area contributed by atoms with Gasteiger partial charge in [-0.05, 0) is 43.7 Å². The van der Waals surface area contributed by atoms with Crippen LogP contribution in [0.3, 0.4) is 0 Å². The monoisotopic (exact) mass is 356 g/mol. The number of thioether (sulfide) groups is 1. The van der Waals surface area contributed by atoms with E-state index >= 15 is 0 Å². The number of amides is 1. The molecule has 0 spiro atoms. The number of rotatable bonds is 5. The van der Waals surface area contributed by atoms with Crippen molar-refractivity contribution in [2.24, 2.45) is 5.92 Å². The summed E-state index contributed by atoms with van der Waals surface area (Å²) in [5.74, 6) is 2.21. The van der Waals surface area contributed by atoms with E-state index in [1.807, 2.05) is 24.3 Å². The van der Waals surface area contributed by atoms with E-state index in [0.29, 0.717) is 11.8 Å². The quantitative estimate of drug-likeness (QED) is 0.834. The zero-order valence-corrected chi connectivity index (χ0v) is 15.4. The number of carbonyl (C=O) groups excluding carboxylic acids is 1. The number of nitrogens with zero attached hydrogens (tertiary/aromatic N) is 3. The summed E-state index contributed by atoms with van der Waals surface area (Å²) in [7, 11) is 0. The molecule has 2 aromatic rings. The fourth-order valence-electron chi connectivity index (χ4n) is 3.13. The molecule has 0 unspecified atom stereocenters. The molecule has 4 rings (SSSR count). The van der Waals surface area contributed by atoms with Gasteiger partial charge >= 0.3 is 0 Å². The number of aromatic nitrogens is 2. The zero-order chi connectivity index (χ0) is 17.2. The molecule has 2 fully saturated rings. The molecule has 1 aliphatic heterocycles.